The highest BCUT2D eigenvalue weighted by Gasteiger charge is 2.17. The Hall–Kier alpha value is -2.05. The second-order valence-electron chi connectivity index (χ2n) is 5.59. The number of benzene rings is 2. The molecule has 0 saturated carbocycles. The van der Waals surface area contributed by atoms with E-state index in [1.165, 1.54) is 12.1 Å². The second kappa shape index (κ2) is 8.17. The number of nitro groups is 1. The lowest BCUT2D eigenvalue weighted by Gasteiger charge is -2.18. The zero-order chi connectivity index (χ0) is 17.6. The third kappa shape index (κ3) is 5.86. The summed E-state index contributed by atoms with van der Waals surface area (Å²) < 4.78 is -0.247. The third-order valence-electron chi connectivity index (χ3n) is 3.01. The van der Waals surface area contributed by atoms with Crippen LogP contribution in [0.5, 0.6) is 0 Å². The topological polar surface area (TPSA) is 64.7 Å². The molecule has 0 radical (unpaired) electrons. The van der Waals surface area contributed by atoms with Gasteiger partial charge in [-0.2, -0.15) is 0 Å². The summed E-state index contributed by atoms with van der Waals surface area (Å²) in [5.41, 5.74) is 0.878. The molecule has 0 aromatic heterocycles. The van der Waals surface area contributed by atoms with E-state index in [0.717, 1.165) is 10.5 Å². The van der Waals surface area contributed by atoms with Crippen molar-refractivity contribution in [1.82, 2.24) is 0 Å². The predicted molar refractivity (Wildman–Crippen MR) is 97.8 cm³/mol. The van der Waals surface area contributed by atoms with Gasteiger partial charge < -0.3 is 4.84 Å². The number of nitrogens with zero attached hydrogens (tertiary/aromatic N) is 2. The van der Waals surface area contributed by atoms with Crippen molar-refractivity contribution in [2.75, 3.05) is 0 Å². The van der Waals surface area contributed by atoms with E-state index in [1.807, 2.05) is 38.1 Å². The Morgan fingerprint density at radius 3 is 2.42 bits per heavy atom. The molecule has 2 aromatic carbocycles. The van der Waals surface area contributed by atoms with Crippen LogP contribution in [0.2, 0.25) is 5.02 Å². The van der Waals surface area contributed by atoms with Crippen molar-refractivity contribution in [3.8, 4) is 0 Å². The number of halogens is 1. The fourth-order valence-corrected chi connectivity index (χ4v) is 2.92. The quantitative estimate of drug-likeness (QED) is 0.288. The molecule has 0 heterocycles. The summed E-state index contributed by atoms with van der Waals surface area (Å²) in [6.45, 7) is 4.33. The molecule has 0 atom stereocenters. The lowest BCUT2D eigenvalue weighted by Crippen LogP contribution is -2.16. The maximum atomic E-state index is 10.6. The number of thioether (sulfide) groups is 1. The average molecular weight is 365 g/mol. The Balaban J connectivity index is 1.85. The van der Waals surface area contributed by atoms with Gasteiger partial charge in [-0.25, -0.2) is 0 Å². The largest absolute Gasteiger partial charge is 0.391 e. The molecule has 0 bridgehead atoms. The van der Waals surface area contributed by atoms with Crippen molar-refractivity contribution >= 4 is 35.3 Å². The summed E-state index contributed by atoms with van der Waals surface area (Å²) in [5, 5.41) is 15.3. The Labute approximate surface area is 149 Å². The van der Waals surface area contributed by atoms with Crippen LogP contribution in [0.3, 0.4) is 0 Å². The Bertz CT molecular complexity index is 716. The van der Waals surface area contributed by atoms with Crippen molar-refractivity contribution in [1.29, 1.82) is 0 Å². The number of rotatable bonds is 7. The number of non-ortho nitro benzene ring substituents is 1. The van der Waals surface area contributed by atoms with Gasteiger partial charge >= 0.3 is 0 Å². The Kier molecular flexibility index (Phi) is 6.23. The minimum Gasteiger partial charge on any atom is -0.391 e. The molecule has 126 valence electrons. The van der Waals surface area contributed by atoms with Crippen LogP contribution in [0.15, 0.2) is 58.6 Å². The molecular weight excluding hydrogens is 348 g/mol. The molecule has 0 fully saturated rings. The van der Waals surface area contributed by atoms with Gasteiger partial charge in [0, 0.05) is 22.1 Å². The summed E-state index contributed by atoms with van der Waals surface area (Å²) in [6.07, 6.45) is 1.73. The van der Waals surface area contributed by atoms with E-state index in [1.54, 1.807) is 30.1 Å². The van der Waals surface area contributed by atoms with Gasteiger partial charge in [-0.1, -0.05) is 16.8 Å². The number of hydrogen-bond acceptors (Lipinski definition) is 5. The van der Waals surface area contributed by atoms with Crippen LogP contribution < -0.4 is 0 Å². The van der Waals surface area contributed by atoms with E-state index in [-0.39, 0.29) is 17.0 Å². The number of nitro benzene ring substituents is 1. The summed E-state index contributed by atoms with van der Waals surface area (Å²) >= 11 is 7.52. The Morgan fingerprint density at radius 1 is 1.21 bits per heavy atom. The third-order valence-corrected chi connectivity index (χ3v) is 4.40. The van der Waals surface area contributed by atoms with Crippen molar-refractivity contribution < 1.29 is 9.76 Å². The molecule has 5 nitrogen and oxygen atoms in total. The number of hydrogen-bond donors (Lipinski definition) is 0. The van der Waals surface area contributed by atoms with Crippen molar-refractivity contribution in [2.24, 2.45) is 5.16 Å². The maximum absolute atomic E-state index is 10.6. The molecule has 0 spiro atoms. The molecular formula is C17H17ClN2O3S. The first-order chi connectivity index (χ1) is 11.4. The monoisotopic (exact) mass is 364 g/mol. The lowest BCUT2D eigenvalue weighted by atomic mass is 10.2. The molecule has 7 heteroatoms. The van der Waals surface area contributed by atoms with Crippen LogP contribution in [0.1, 0.15) is 19.4 Å². The molecule has 24 heavy (non-hydrogen) atoms. The standard InChI is InChI=1S/C17H17ClN2O3S/c1-17(2,24-16-9-5-14(18)6-10-16)12-19-23-11-13-3-7-15(8-4-13)20(21)22/h3-10,12H,11H2,1-2H3/b19-12-. The van der Waals surface area contributed by atoms with E-state index in [9.17, 15) is 10.1 Å². The Morgan fingerprint density at radius 2 is 1.83 bits per heavy atom. The summed E-state index contributed by atoms with van der Waals surface area (Å²) in [6, 6.07) is 13.8. The molecule has 0 aliphatic heterocycles. The molecule has 2 aromatic rings. The fraction of sp³-hybridized carbons (Fsp3) is 0.235. The maximum Gasteiger partial charge on any atom is 0.269 e. The van der Waals surface area contributed by atoms with Gasteiger partial charge in [0.2, 0.25) is 0 Å². The molecule has 0 unspecified atom stereocenters. The van der Waals surface area contributed by atoms with Gasteiger partial charge in [0.25, 0.3) is 5.69 Å². The van der Waals surface area contributed by atoms with Gasteiger partial charge in [0.05, 0.1) is 15.9 Å². The van der Waals surface area contributed by atoms with Crippen LogP contribution in [-0.2, 0) is 11.4 Å². The summed E-state index contributed by atoms with van der Waals surface area (Å²) in [4.78, 5) is 16.5. The van der Waals surface area contributed by atoms with Crippen LogP contribution in [-0.4, -0.2) is 15.9 Å². The molecule has 0 N–H and O–H groups in total. The fourth-order valence-electron chi connectivity index (χ4n) is 1.82. The summed E-state index contributed by atoms with van der Waals surface area (Å²) in [7, 11) is 0. The van der Waals surface area contributed by atoms with Crippen molar-refractivity contribution in [3.63, 3.8) is 0 Å². The first-order valence-electron chi connectivity index (χ1n) is 7.20. The minimum absolute atomic E-state index is 0.0581. The lowest BCUT2D eigenvalue weighted by molar-refractivity contribution is -0.384. The highest BCUT2D eigenvalue weighted by Crippen LogP contribution is 2.31. The van der Waals surface area contributed by atoms with Crippen LogP contribution >= 0.6 is 23.4 Å². The highest BCUT2D eigenvalue weighted by molar-refractivity contribution is 8.01. The zero-order valence-electron chi connectivity index (χ0n) is 13.3. The van der Waals surface area contributed by atoms with Crippen molar-refractivity contribution in [2.45, 2.75) is 30.1 Å². The molecule has 0 saturated heterocycles. The number of oxime groups is 1. The SMILES string of the molecule is CC(C)(/C=N\OCc1ccc([N+](=O)[O-])cc1)Sc1ccc(Cl)cc1. The van der Waals surface area contributed by atoms with E-state index >= 15 is 0 Å². The second-order valence-corrected chi connectivity index (χ2v) is 7.76. The molecule has 0 aliphatic rings. The van der Waals surface area contributed by atoms with Gasteiger partial charge in [0.1, 0.15) is 6.61 Å². The van der Waals surface area contributed by atoms with E-state index in [2.05, 4.69) is 5.16 Å². The van der Waals surface area contributed by atoms with Gasteiger partial charge in [-0.3, -0.25) is 10.1 Å². The smallest absolute Gasteiger partial charge is 0.269 e. The van der Waals surface area contributed by atoms with Gasteiger partial charge in [-0.05, 0) is 55.8 Å². The zero-order valence-corrected chi connectivity index (χ0v) is 14.9. The van der Waals surface area contributed by atoms with Crippen LogP contribution in [0, 0.1) is 10.1 Å². The van der Waals surface area contributed by atoms with Crippen LogP contribution in [0.4, 0.5) is 5.69 Å². The van der Waals surface area contributed by atoms with E-state index in [0.29, 0.717) is 5.02 Å². The predicted octanol–water partition coefficient (Wildman–Crippen LogP) is 5.32. The molecule has 2 rings (SSSR count). The molecule has 0 aliphatic carbocycles. The van der Waals surface area contributed by atoms with E-state index < -0.39 is 4.92 Å². The normalized spacial score (nSPS) is 11.6. The average Bonchev–Trinajstić information content (AvgIpc) is 2.54. The first-order valence-corrected chi connectivity index (χ1v) is 8.39. The summed E-state index contributed by atoms with van der Waals surface area (Å²) in [5.74, 6) is 0. The van der Waals surface area contributed by atoms with Gasteiger partial charge in [0.15, 0.2) is 0 Å². The van der Waals surface area contributed by atoms with Gasteiger partial charge in [-0.15, -0.1) is 11.8 Å². The van der Waals surface area contributed by atoms with Crippen LogP contribution in [0.25, 0.3) is 0 Å². The molecule has 0 amide bonds. The van der Waals surface area contributed by atoms with Crippen molar-refractivity contribution in [3.05, 3.63) is 69.2 Å². The highest BCUT2D eigenvalue weighted by atomic mass is 35.5. The van der Waals surface area contributed by atoms with E-state index in [4.69, 9.17) is 16.4 Å². The first kappa shape index (κ1) is 18.3. The minimum atomic E-state index is -0.431.